The van der Waals surface area contributed by atoms with Crippen molar-refractivity contribution in [2.24, 2.45) is 33.9 Å². The van der Waals surface area contributed by atoms with Gasteiger partial charge in [0.1, 0.15) is 11.5 Å². The number of benzene rings is 2. The lowest BCUT2D eigenvalue weighted by Gasteiger charge is -2.50. The normalized spacial score (nSPS) is 36.3. The summed E-state index contributed by atoms with van der Waals surface area (Å²) in [7, 11) is 0. The molecule has 54 heavy (non-hydrogen) atoms. The van der Waals surface area contributed by atoms with Gasteiger partial charge in [0.25, 0.3) is 0 Å². The van der Waals surface area contributed by atoms with Crippen molar-refractivity contribution in [1.82, 2.24) is 0 Å². The van der Waals surface area contributed by atoms with Crippen LogP contribution in [-0.2, 0) is 44.6 Å². The fourth-order valence-electron chi connectivity index (χ4n) is 7.67. The quantitative estimate of drug-likeness (QED) is 0.109. The van der Waals surface area contributed by atoms with E-state index in [1.807, 2.05) is 37.3 Å². The molecule has 0 bridgehead atoms. The van der Waals surface area contributed by atoms with Crippen molar-refractivity contribution in [3.63, 3.8) is 0 Å². The van der Waals surface area contributed by atoms with E-state index in [0.29, 0.717) is 13.0 Å². The van der Waals surface area contributed by atoms with Crippen LogP contribution in [-0.4, -0.2) is 72.9 Å². The third-order valence-electron chi connectivity index (χ3n) is 11.0. The van der Waals surface area contributed by atoms with Crippen LogP contribution in [0.15, 0.2) is 69.7 Å². The molecule has 0 radical (unpaired) electrons. The highest BCUT2D eigenvalue weighted by molar-refractivity contribution is 7.99. The molecule has 0 aromatic heterocycles. The minimum Gasteiger partial charge on any atom is -0.368 e. The zero-order chi connectivity index (χ0) is 39.4. The molecule has 0 aliphatic carbocycles. The smallest absolute Gasteiger partial charge is 0.368 e. The van der Waals surface area contributed by atoms with Gasteiger partial charge in [0.05, 0.1) is 49.2 Å². The molecule has 3 saturated heterocycles. The first-order valence-corrected chi connectivity index (χ1v) is 19.6. The van der Waals surface area contributed by atoms with E-state index in [1.165, 1.54) is 5.56 Å². The molecule has 294 valence electrons. The van der Waals surface area contributed by atoms with Gasteiger partial charge in [0.15, 0.2) is 12.6 Å². The summed E-state index contributed by atoms with van der Waals surface area (Å²) in [5.74, 6) is -0.116. The number of ether oxygens (including phenoxy) is 6. The van der Waals surface area contributed by atoms with Gasteiger partial charge < -0.3 is 28.4 Å². The first kappa shape index (κ1) is 43.3. The highest BCUT2D eigenvalue weighted by atomic mass is 32.2. The highest BCUT2D eigenvalue weighted by Gasteiger charge is 2.51. The Hall–Kier alpha value is -3.45. The van der Waals surface area contributed by atoms with Gasteiger partial charge in [0, 0.05) is 20.6 Å². The van der Waals surface area contributed by atoms with Crippen LogP contribution in [0.4, 0.5) is 0 Å². The van der Waals surface area contributed by atoms with Crippen molar-refractivity contribution in [2.45, 2.75) is 146 Å². The molecule has 15 atom stereocenters. The fourth-order valence-corrected chi connectivity index (χ4v) is 8.87. The van der Waals surface area contributed by atoms with E-state index in [2.05, 4.69) is 92.8 Å². The van der Waals surface area contributed by atoms with Crippen LogP contribution in [0.1, 0.15) is 72.4 Å². The largest absolute Gasteiger partial charge is 0.373 e. The molecule has 0 N–H and O–H groups in total. The van der Waals surface area contributed by atoms with Gasteiger partial charge >= 0.3 is 6.15 Å². The van der Waals surface area contributed by atoms with E-state index in [4.69, 9.17) is 38.0 Å². The minimum atomic E-state index is -0.765. The van der Waals surface area contributed by atoms with E-state index in [-0.39, 0.29) is 47.5 Å². The molecule has 5 rings (SSSR count). The van der Waals surface area contributed by atoms with E-state index < -0.39 is 49.1 Å². The first-order valence-electron chi connectivity index (χ1n) is 18.7. The molecule has 3 fully saturated rings. The average molecular weight is 767 g/mol. The van der Waals surface area contributed by atoms with E-state index >= 15 is 0 Å². The lowest BCUT2D eigenvalue weighted by Crippen LogP contribution is -2.60. The van der Waals surface area contributed by atoms with Crippen LogP contribution in [0.3, 0.4) is 0 Å². The Bertz CT molecular complexity index is 1590. The highest BCUT2D eigenvalue weighted by Crippen LogP contribution is 2.43. The van der Waals surface area contributed by atoms with E-state index in [1.54, 1.807) is 11.8 Å². The van der Waals surface area contributed by atoms with Crippen LogP contribution >= 0.6 is 11.8 Å². The van der Waals surface area contributed by atoms with Crippen molar-refractivity contribution in [3.8, 4) is 0 Å². The standard InChI is InChI=1S/C38H54N6O6S.CO2/c1-9-29-22(4)23(5)31(41-43-39)36(47-29)49-33-25(7)35(45-20-27-14-12-11-13-15-27)37(46-26(33)8)50-34-24(6)32(42-44-40)38(48-30(34)10-2)51-28-18-16-21(3)17-19-28;2-1-3/h11-19,22-26,29-38H,9-10,20H2,1-8H3;/t22-,23-,24+,25-,26?,29?,30?,31?,32?,33-,34-,35?,36+,37-,38?;/m0./s1. The minimum absolute atomic E-state index is 0.0257. The number of aryl methyl sites for hydroxylation is 1. The molecule has 15 heteroatoms. The van der Waals surface area contributed by atoms with E-state index in [0.717, 1.165) is 16.9 Å². The molecule has 0 saturated carbocycles. The molecule has 7 unspecified atom stereocenters. The number of hydrogen-bond donors (Lipinski definition) is 0. The Morgan fingerprint density at radius 2 is 1.33 bits per heavy atom. The number of thioether (sulfide) groups is 1. The topological polar surface area (TPSA) is 187 Å². The molecule has 2 aromatic rings. The van der Waals surface area contributed by atoms with Gasteiger partial charge in [-0.3, -0.25) is 0 Å². The van der Waals surface area contributed by atoms with E-state index in [9.17, 15) is 11.1 Å². The zero-order valence-corrected chi connectivity index (χ0v) is 33.2. The van der Waals surface area contributed by atoms with Gasteiger partial charge in [-0.05, 0) is 73.2 Å². The summed E-state index contributed by atoms with van der Waals surface area (Å²) in [5.41, 5.74) is 20.9. The summed E-state index contributed by atoms with van der Waals surface area (Å²) in [6.45, 7) is 16.9. The third kappa shape index (κ3) is 10.6. The van der Waals surface area contributed by atoms with Crippen LogP contribution < -0.4 is 0 Å². The Morgan fingerprint density at radius 3 is 1.94 bits per heavy atom. The Balaban J connectivity index is 0.00000209. The summed E-state index contributed by atoms with van der Waals surface area (Å²) in [5, 5.41) is 8.37. The van der Waals surface area contributed by atoms with Crippen molar-refractivity contribution in [1.29, 1.82) is 0 Å². The maximum atomic E-state index is 9.61. The van der Waals surface area contributed by atoms with Gasteiger partial charge in [-0.25, -0.2) is 0 Å². The van der Waals surface area contributed by atoms with Crippen LogP contribution in [0.25, 0.3) is 20.9 Å². The number of nitrogens with zero attached hydrogens (tertiary/aromatic N) is 6. The van der Waals surface area contributed by atoms with Crippen LogP contribution in [0.5, 0.6) is 0 Å². The Labute approximate surface area is 322 Å². The lowest BCUT2D eigenvalue weighted by molar-refractivity contribution is -0.346. The molecule has 3 aliphatic heterocycles. The Kier molecular flexibility index (Phi) is 16.8. The van der Waals surface area contributed by atoms with Crippen molar-refractivity contribution >= 4 is 17.9 Å². The number of azide groups is 2. The fraction of sp³-hybridized carbons (Fsp3) is 0.667. The van der Waals surface area contributed by atoms with Crippen LogP contribution in [0, 0.1) is 30.6 Å². The molecular formula is C39H54N6O8S. The molecule has 14 nitrogen and oxygen atoms in total. The molecule has 0 spiro atoms. The SMILES string of the molecule is CCC1O[C@H](O[C@@H]2C(C)O[C@@H](O[C@@H]3C(CC)OC(Sc4ccc(C)cc4)C(N=[N+]=[N-])[C@H]3C)C(OCc3ccccc3)[C@H]2C)C(N=[N+]=[N-])[C@@H](C)[C@@H]1C.O=C=O. The Morgan fingerprint density at radius 1 is 0.722 bits per heavy atom. The summed E-state index contributed by atoms with van der Waals surface area (Å²) in [6.07, 6.45) is -1.86. The second kappa shape index (κ2) is 21.0. The summed E-state index contributed by atoms with van der Waals surface area (Å²) in [4.78, 5) is 23.7. The maximum absolute atomic E-state index is 9.61. The molecular weight excluding hydrogens is 713 g/mol. The second-order valence-electron chi connectivity index (χ2n) is 14.4. The average Bonchev–Trinajstić information content (AvgIpc) is 3.16. The second-order valence-corrected chi connectivity index (χ2v) is 15.6. The summed E-state index contributed by atoms with van der Waals surface area (Å²) < 4.78 is 40.2. The van der Waals surface area contributed by atoms with Gasteiger partial charge in [-0.15, -0.1) is 0 Å². The van der Waals surface area contributed by atoms with Gasteiger partial charge in [0.2, 0.25) is 0 Å². The monoisotopic (exact) mass is 766 g/mol. The first-order chi connectivity index (χ1) is 26.0. The maximum Gasteiger partial charge on any atom is 0.373 e. The molecule has 2 aromatic carbocycles. The molecule has 3 heterocycles. The molecule has 0 amide bonds. The number of rotatable bonds is 13. The predicted molar refractivity (Wildman–Crippen MR) is 202 cm³/mol. The summed E-state index contributed by atoms with van der Waals surface area (Å²) >= 11 is 1.56. The predicted octanol–water partition coefficient (Wildman–Crippen LogP) is 8.78. The zero-order valence-electron chi connectivity index (χ0n) is 32.3. The van der Waals surface area contributed by atoms with Crippen molar-refractivity contribution < 1.29 is 38.0 Å². The van der Waals surface area contributed by atoms with Gasteiger partial charge in [-0.1, -0.05) is 112 Å². The van der Waals surface area contributed by atoms with Gasteiger partial charge in [-0.2, -0.15) is 9.59 Å². The lowest BCUT2D eigenvalue weighted by atomic mass is 9.81. The van der Waals surface area contributed by atoms with Crippen molar-refractivity contribution in [2.75, 3.05) is 0 Å². The van der Waals surface area contributed by atoms with Crippen LogP contribution in [0.2, 0.25) is 0 Å². The third-order valence-corrected chi connectivity index (χ3v) is 12.2. The number of carbonyl (C=O) groups excluding carboxylic acids is 2. The van der Waals surface area contributed by atoms with Crippen molar-refractivity contribution in [3.05, 3.63) is 86.6 Å². The molecule has 3 aliphatic rings. The summed E-state index contributed by atoms with van der Waals surface area (Å²) in [6, 6.07) is 17.3. The number of hydrogen-bond acceptors (Lipinski definition) is 11.